The maximum atomic E-state index is 11.5. The van der Waals surface area contributed by atoms with Gasteiger partial charge in [-0.15, -0.1) is 0 Å². The molecule has 0 aliphatic heterocycles. The molecule has 0 saturated heterocycles. The van der Waals surface area contributed by atoms with Gasteiger partial charge in [-0.05, 0) is 25.3 Å². The summed E-state index contributed by atoms with van der Waals surface area (Å²) in [5.74, 6) is 0.0960. The van der Waals surface area contributed by atoms with Gasteiger partial charge < -0.3 is 13.3 Å². The van der Waals surface area contributed by atoms with Crippen LogP contribution in [-0.4, -0.2) is 35.4 Å². The van der Waals surface area contributed by atoms with E-state index in [2.05, 4.69) is 13.5 Å². The Labute approximate surface area is 112 Å². The number of rotatable bonds is 11. The second-order valence-corrected chi connectivity index (χ2v) is 7.32. The normalized spacial score (nSPS) is 11.6. The van der Waals surface area contributed by atoms with Crippen LogP contribution >= 0.6 is 0 Å². The van der Waals surface area contributed by atoms with E-state index in [4.69, 9.17) is 13.3 Å². The molecule has 0 aromatic rings. The number of hydrogen-bond acceptors (Lipinski definition) is 4. The zero-order valence-corrected chi connectivity index (χ0v) is 13.1. The summed E-state index contributed by atoms with van der Waals surface area (Å²) < 4.78 is 16.6. The summed E-state index contributed by atoms with van der Waals surface area (Å²) in [4.78, 5) is 11.5. The zero-order valence-electron chi connectivity index (χ0n) is 12.1. The molecule has 0 bridgehead atoms. The van der Waals surface area contributed by atoms with Crippen molar-refractivity contribution in [2.75, 3.05) is 20.8 Å². The van der Waals surface area contributed by atoms with Crippen molar-refractivity contribution in [3.8, 4) is 0 Å². The highest BCUT2D eigenvalue weighted by molar-refractivity contribution is 6.60. The van der Waals surface area contributed by atoms with E-state index in [-0.39, 0.29) is 5.78 Å². The smallest absolute Gasteiger partial charge is 0.377 e. The molecule has 0 radical (unpaired) electrons. The lowest BCUT2D eigenvalue weighted by molar-refractivity contribution is -0.115. The predicted octanol–water partition coefficient (Wildman–Crippen LogP) is 2.96. The van der Waals surface area contributed by atoms with Crippen LogP contribution in [-0.2, 0) is 18.1 Å². The van der Waals surface area contributed by atoms with Gasteiger partial charge in [-0.2, -0.15) is 0 Å². The van der Waals surface area contributed by atoms with Crippen molar-refractivity contribution >= 4 is 14.6 Å². The standard InChI is InChI=1S/C13H26O4Si/c1-6-7-10-17-18(15-4,16-5)11-8-9-13(14)12(2)3/h2,6-11H2,1,3-5H3. The van der Waals surface area contributed by atoms with Crippen molar-refractivity contribution in [3.05, 3.63) is 12.2 Å². The summed E-state index contributed by atoms with van der Waals surface area (Å²) in [6.07, 6.45) is 3.26. The van der Waals surface area contributed by atoms with Crippen molar-refractivity contribution in [3.63, 3.8) is 0 Å². The second-order valence-electron chi connectivity index (χ2n) is 4.35. The van der Waals surface area contributed by atoms with E-state index >= 15 is 0 Å². The maximum Gasteiger partial charge on any atom is 0.500 e. The van der Waals surface area contributed by atoms with E-state index in [9.17, 15) is 4.79 Å². The highest BCUT2D eigenvalue weighted by atomic mass is 28.4. The average molecular weight is 274 g/mol. The molecule has 0 unspecified atom stereocenters. The fraction of sp³-hybridized carbons (Fsp3) is 0.769. The van der Waals surface area contributed by atoms with E-state index in [1.165, 1.54) is 0 Å². The second kappa shape index (κ2) is 9.44. The van der Waals surface area contributed by atoms with Crippen molar-refractivity contribution in [1.29, 1.82) is 0 Å². The Morgan fingerprint density at radius 1 is 1.22 bits per heavy atom. The number of hydrogen-bond donors (Lipinski definition) is 0. The highest BCUT2D eigenvalue weighted by Gasteiger charge is 2.38. The third-order valence-corrected chi connectivity index (χ3v) is 5.66. The first-order valence-corrected chi connectivity index (χ1v) is 8.37. The number of ketones is 1. The van der Waals surface area contributed by atoms with Gasteiger partial charge in [0.15, 0.2) is 5.78 Å². The van der Waals surface area contributed by atoms with Crippen LogP contribution in [0.3, 0.4) is 0 Å². The van der Waals surface area contributed by atoms with Gasteiger partial charge in [-0.25, -0.2) is 0 Å². The van der Waals surface area contributed by atoms with Crippen LogP contribution in [0.15, 0.2) is 12.2 Å². The van der Waals surface area contributed by atoms with Crippen LogP contribution in [0.25, 0.3) is 0 Å². The van der Waals surface area contributed by atoms with Crippen LogP contribution in [0.2, 0.25) is 6.04 Å². The molecule has 106 valence electrons. The van der Waals surface area contributed by atoms with E-state index in [1.807, 2.05) is 0 Å². The van der Waals surface area contributed by atoms with Crippen LogP contribution in [0.1, 0.15) is 39.5 Å². The van der Waals surface area contributed by atoms with Gasteiger partial charge in [0.05, 0.1) is 0 Å². The number of allylic oxidation sites excluding steroid dienone is 1. The molecule has 0 fully saturated rings. The molecule has 0 saturated carbocycles. The van der Waals surface area contributed by atoms with Gasteiger partial charge >= 0.3 is 8.80 Å². The molecule has 0 aromatic carbocycles. The third-order valence-electron chi connectivity index (χ3n) is 2.80. The molecule has 0 aliphatic carbocycles. The van der Waals surface area contributed by atoms with Crippen LogP contribution in [0.5, 0.6) is 0 Å². The molecule has 0 heterocycles. The SMILES string of the molecule is C=C(C)C(=O)CCC[Si](OC)(OC)OCCCC. The lowest BCUT2D eigenvalue weighted by Gasteiger charge is -2.26. The van der Waals surface area contributed by atoms with Gasteiger partial charge in [-0.1, -0.05) is 19.9 Å². The molecule has 0 rings (SSSR count). The molecule has 0 aromatic heterocycles. The molecule has 5 heteroatoms. The molecule has 0 spiro atoms. The van der Waals surface area contributed by atoms with Gasteiger partial charge in [0.1, 0.15) is 0 Å². The Kier molecular flexibility index (Phi) is 9.18. The van der Waals surface area contributed by atoms with Crippen molar-refractivity contribution in [2.45, 2.75) is 45.6 Å². The number of Topliss-reactive ketones (excluding diaryl/α,β-unsaturated/α-hetero) is 1. The Bertz CT molecular complexity index is 262. The first-order chi connectivity index (χ1) is 8.51. The predicted molar refractivity (Wildman–Crippen MR) is 74.5 cm³/mol. The first-order valence-electron chi connectivity index (χ1n) is 6.44. The van der Waals surface area contributed by atoms with E-state index < -0.39 is 8.80 Å². The quantitative estimate of drug-likeness (QED) is 0.330. The van der Waals surface area contributed by atoms with E-state index in [0.29, 0.717) is 31.1 Å². The van der Waals surface area contributed by atoms with E-state index in [1.54, 1.807) is 21.1 Å². The van der Waals surface area contributed by atoms with E-state index in [0.717, 1.165) is 12.8 Å². The maximum absolute atomic E-state index is 11.5. The topological polar surface area (TPSA) is 44.8 Å². The van der Waals surface area contributed by atoms with Crippen molar-refractivity contribution in [1.82, 2.24) is 0 Å². The van der Waals surface area contributed by atoms with Gasteiger partial charge in [0.2, 0.25) is 0 Å². The monoisotopic (exact) mass is 274 g/mol. The summed E-state index contributed by atoms with van der Waals surface area (Å²) >= 11 is 0. The van der Waals surface area contributed by atoms with Crippen molar-refractivity contribution in [2.24, 2.45) is 0 Å². The molecule has 4 nitrogen and oxygen atoms in total. The minimum atomic E-state index is -2.56. The minimum absolute atomic E-state index is 0.0960. The first kappa shape index (κ1) is 17.5. The Morgan fingerprint density at radius 2 is 1.83 bits per heavy atom. The Morgan fingerprint density at radius 3 is 2.28 bits per heavy atom. The number of carbonyl (C=O) groups excluding carboxylic acids is 1. The summed E-state index contributed by atoms with van der Waals surface area (Å²) in [6, 6.07) is 0.669. The van der Waals surface area contributed by atoms with Crippen molar-refractivity contribution < 1.29 is 18.1 Å². The molecular formula is C13H26O4Si. The Hall–Kier alpha value is -0.493. The third kappa shape index (κ3) is 6.44. The van der Waals surface area contributed by atoms with Crippen LogP contribution < -0.4 is 0 Å². The van der Waals surface area contributed by atoms with Crippen LogP contribution in [0.4, 0.5) is 0 Å². The number of carbonyl (C=O) groups is 1. The van der Waals surface area contributed by atoms with Gasteiger partial charge in [0.25, 0.3) is 0 Å². The zero-order chi connectivity index (χ0) is 14.0. The number of unbranched alkanes of at least 4 members (excludes halogenated alkanes) is 1. The lowest BCUT2D eigenvalue weighted by atomic mass is 10.1. The Balaban J connectivity index is 4.16. The summed E-state index contributed by atoms with van der Waals surface area (Å²) in [5.41, 5.74) is 0.601. The van der Waals surface area contributed by atoms with Gasteiger partial charge in [0, 0.05) is 33.3 Å². The summed E-state index contributed by atoms with van der Waals surface area (Å²) in [6.45, 7) is 8.13. The lowest BCUT2D eigenvalue weighted by Crippen LogP contribution is -2.44. The molecule has 0 amide bonds. The molecular weight excluding hydrogens is 248 g/mol. The molecule has 0 atom stereocenters. The molecule has 18 heavy (non-hydrogen) atoms. The minimum Gasteiger partial charge on any atom is -0.377 e. The van der Waals surface area contributed by atoms with Crippen LogP contribution in [0, 0.1) is 0 Å². The fourth-order valence-corrected chi connectivity index (χ4v) is 3.55. The fourth-order valence-electron chi connectivity index (χ4n) is 1.53. The molecule has 0 N–H and O–H groups in total. The summed E-state index contributed by atoms with van der Waals surface area (Å²) in [5, 5.41) is 0. The van der Waals surface area contributed by atoms with Gasteiger partial charge in [-0.3, -0.25) is 4.79 Å². The molecule has 0 aliphatic rings. The average Bonchev–Trinajstić information content (AvgIpc) is 2.37. The highest BCUT2D eigenvalue weighted by Crippen LogP contribution is 2.18. The summed E-state index contributed by atoms with van der Waals surface area (Å²) in [7, 11) is 0.662. The largest absolute Gasteiger partial charge is 0.500 e.